The first-order chi connectivity index (χ1) is 15.1. The Balaban J connectivity index is 1.57. The van der Waals surface area contributed by atoms with Crippen LogP contribution in [0, 0.1) is 6.92 Å². The third-order valence-electron chi connectivity index (χ3n) is 5.34. The number of fused-ring (bicyclic) bond motifs is 2. The average molecular weight is 410 g/mol. The summed E-state index contributed by atoms with van der Waals surface area (Å²) < 4.78 is 11.3. The van der Waals surface area contributed by atoms with Crippen LogP contribution in [0.3, 0.4) is 0 Å². The van der Waals surface area contributed by atoms with Gasteiger partial charge >= 0.3 is 5.63 Å². The number of nitrogens with one attached hydrogen (secondary N) is 1. The number of pyridine rings is 1. The van der Waals surface area contributed by atoms with Crippen LogP contribution in [-0.2, 0) is 11.2 Å². The average Bonchev–Trinajstić information content (AvgIpc) is 3.20. The number of hydrogen-bond donors (Lipinski definition) is 1. The van der Waals surface area contributed by atoms with Crippen LogP contribution < -0.4 is 10.9 Å². The number of carbonyl (C=O) groups excluding carboxylic acids is 1. The number of benzene rings is 2. The molecule has 1 N–H and O–H groups in total. The second-order valence-electron chi connectivity index (χ2n) is 7.29. The summed E-state index contributed by atoms with van der Waals surface area (Å²) in [6, 6.07) is 18.8. The highest BCUT2D eigenvalue weighted by Crippen LogP contribution is 2.34. The first kappa shape index (κ1) is 18.8. The Kier molecular flexibility index (Phi) is 4.59. The maximum absolute atomic E-state index is 12.6. The van der Waals surface area contributed by atoms with Crippen molar-refractivity contribution in [2.24, 2.45) is 0 Å². The molecule has 3 aromatic heterocycles. The number of anilines is 1. The van der Waals surface area contributed by atoms with Crippen LogP contribution in [-0.4, -0.2) is 10.9 Å². The minimum absolute atomic E-state index is 0.102. The SMILES string of the molecule is Cc1c(CC(=O)Nc2ccccn2)c(=O)oc2cc3occ(-c4ccccc4)c3cc12. The van der Waals surface area contributed by atoms with Crippen LogP contribution in [0.2, 0.25) is 0 Å². The zero-order valence-electron chi connectivity index (χ0n) is 16.7. The van der Waals surface area contributed by atoms with Crippen molar-refractivity contribution in [3.63, 3.8) is 0 Å². The van der Waals surface area contributed by atoms with Gasteiger partial charge in [-0.2, -0.15) is 0 Å². The number of carbonyl (C=O) groups is 1. The van der Waals surface area contributed by atoms with E-state index < -0.39 is 5.63 Å². The molecule has 3 heterocycles. The van der Waals surface area contributed by atoms with Crippen molar-refractivity contribution < 1.29 is 13.6 Å². The molecule has 152 valence electrons. The minimum atomic E-state index is -0.532. The predicted octanol–water partition coefficient (Wildman–Crippen LogP) is 5.09. The molecule has 0 aliphatic carbocycles. The monoisotopic (exact) mass is 410 g/mol. The molecule has 0 saturated heterocycles. The lowest BCUT2D eigenvalue weighted by molar-refractivity contribution is -0.115. The molecule has 2 aromatic carbocycles. The van der Waals surface area contributed by atoms with Gasteiger partial charge in [-0.25, -0.2) is 9.78 Å². The molecule has 5 rings (SSSR count). The highest BCUT2D eigenvalue weighted by molar-refractivity contribution is 6.02. The molecule has 6 heteroatoms. The van der Waals surface area contributed by atoms with Gasteiger partial charge in [-0.3, -0.25) is 4.79 Å². The van der Waals surface area contributed by atoms with E-state index in [1.165, 1.54) is 0 Å². The van der Waals surface area contributed by atoms with Crippen molar-refractivity contribution in [2.45, 2.75) is 13.3 Å². The van der Waals surface area contributed by atoms with E-state index in [9.17, 15) is 9.59 Å². The standard InChI is InChI=1S/C25H18N2O4/c1-15-17-11-19-20(16-7-3-2-4-8-16)14-30-21(19)13-22(17)31-25(29)18(15)12-24(28)27-23-9-5-6-10-26-23/h2-11,13-14H,12H2,1H3,(H,26,27,28). The number of amides is 1. The van der Waals surface area contributed by atoms with Crippen molar-refractivity contribution in [2.75, 3.05) is 5.32 Å². The van der Waals surface area contributed by atoms with E-state index in [-0.39, 0.29) is 12.3 Å². The first-order valence-corrected chi connectivity index (χ1v) is 9.84. The normalized spacial score (nSPS) is 11.1. The van der Waals surface area contributed by atoms with Gasteiger partial charge in [-0.1, -0.05) is 36.4 Å². The summed E-state index contributed by atoms with van der Waals surface area (Å²) in [5, 5.41) is 4.39. The Morgan fingerprint density at radius 1 is 1.00 bits per heavy atom. The van der Waals surface area contributed by atoms with Gasteiger partial charge in [0.25, 0.3) is 0 Å². The lowest BCUT2D eigenvalue weighted by Gasteiger charge is -2.09. The second-order valence-corrected chi connectivity index (χ2v) is 7.29. The molecule has 0 bridgehead atoms. The van der Waals surface area contributed by atoms with Crippen LogP contribution in [0.25, 0.3) is 33.1 Å². The number of furan rings is 1. The maximum atomic E-state index is 12.6. The number of aromatic nitrogens is 1. The van der Waals surface area contributed by atoms with Gasteiger partial charge in [-0.05, 0) is 36.2 Å². The second kappa shape index (κ2) is 7.57. The van der Waals surface area contributed by atoms with E-state index in [0.29, 0.717) is 28.1 Å². The zero-order chi connectivity index (χ0) is 21.4. The van der Waals surface area contributed by atoms with Crippen molar-refractivity contribution >= 4 is 33.7 Å². The third-order valence-corrected chi connectivity index (χ3v) is 5.34. The van der Waals surface area contributed by atoms with E-state index >= 15 is 0 Å². The Morgan fingerprint density at radius 2 is 1.81 bits per heavy atom. The van der Waals surface area contributed by atoms with Crippen LogP contribution in [0.15, 0.2) is 86.8 Å². The van der Waals surface area contributed by atoms with Crippen LogP contribution in [0.5, 0.6) is 0 Å². The molecule has 0 radical (unpaired) electrons. The molecule has 6 nitrogen and oxygen atoms in total. The zero-order valence-corrected chi connectivity index (χ0v) is 16.7. The molecule has 0 aliphatic rings. The molecule has 31 heavy (non-hydrogen) atoms. The van der Waals surface area contributed by atoms with E-state index in [4.69, 9.17) is 8.83 Å². The number of nitrogens with zero attached hydrogens (tertiary/aromatic N) is 1. The van der Waals surface area contributed by atoms with Gasteiger partial charge < -0.3 is 14.2 Å². The van der Waals surface area contributed by atoms with Gasteiger partial charge in [0.05, 0.1) is 18.2 Å². The number of rotatable bonds is 4. The molecule has 0 aliphatic heterocycles. The van der Waals surface area contributed by atoms with E-state index in [1.54, 1.807) is 36.7 Å². The van der Waals surface area contributed by atoms with Crippen LogP contribution in [0.4, 0.5) is 5.82 Å². The predicted molar refractivity (Wildman–Crippen MR) is 119 cm³/mol. The van der Waals surface area contributed by atoms with E-state index in [1.807, 2.05) is 43.3 Å². The summed E-state index contributed by atoms with van der Waals surface area (Å²) in [7, 11) is 0. The Morgan fingerprint density at radius 3 is 2.58 bits per heavy atom. The van der Waals surface area contributed by atoms with Crippen LogP contribution in [0.1, 0.15) is 11.1 Å². The summed E-state index contributed by atoms with van der Waals surface area (Å²) in [4.78, 5) is 29.2. The third kappa shape index (κ3) is 3.48. The maximum Gasteiger partial charge on any atom is 0.340 e. The summed E-state index contributed by atoms with van der Waals surface area (Å²) in [5.74, 6) is 0.103. The highest BCUT2D eigenvalue weighted by atomic mass is 16.4. The van der Waals surface area contributed by atoms with Gasteiger partial charge in [-0.15, -0.1) is 0 Å². The fourth-order valence-corrected chi connectivity index (χ4v) is 3.74. The Labute approximate surface area is 177 Å². The van der Waals surface area contributed by atoms with E-state index in [0.717, 1.165) is 21.9 Å². The molecule has 0 spiro atoms. The highest BCUT2D eigenvalue weighted by Gasteiger charge is 2.18. The minimum Gasteiger partial charge on any atom is -0.464 e. The molecular weight excluding hydrogens is 392 g/mol. The summed E-state index contributed by atoms with van der Waals surface area (Å²) in [6.07, 6.45) is 3.19. The lowest BCUT2D eigenvalue weighted by Crippen LogP contribution is -2.21. The number of aryl methyl sites for hydroxylation is 1. The summed E-state index contributed by atoms with van der Waals surface area (Å²) >= 11 is 0. The molecule has 0 fully saturated rings. The number of hydrogen-bond acceptors (Lipinski definition) is 5. The molecular formula is C25H18N2O4. The van der Waals surface area contributed by atoms with E-state index in [2.05, 4.69) is 10.3 Å². The van der Waals surface area contributed by atoms with Gasteiger partial charge in [0.15, 0.2) is 0 Å². The fraction of sp³-hybridized carbons (Fsp3) is 0.0800. The molecule has 0 atom stereocenters. The molecule has 0 unspecified atom stereocenters. The Hall–Kier alpha value is -4.19. The lowest BCUT2D eigenvalue weighted by atomic mass is 9.99. The van der Waals surface area contributed by atoms with Gasteiger partial charge in [0.2, 0.25) is 5.91 Å². The summed E-state index contributed by atoms with van der Waals surface area (Å²) in [6.45, 7) is 1.83. The van der Waals surface area contributed by atoms with Gasteiger partial charge in [0.1, 0.15) is 17.0 Å². The van der Waals surface area contributed by atoms with Crippen molar-refractivity contribution in [1.82, 2.24) is 4.98 Å². The summed E-state index contributed by atoms with van der Waals surface area (Å²) in [5.41, 5.74) is 3.56. The van der Waals surface area contributed by atoms with Crippen LogP contribution >= 0.6 is 0 Å². The Bertz CT molecular complexity index is 1470. The quantitative estimate of drug-likeness (QED) is 0.417. The molecule has 1 amide bonds. The molecule has 5 aromatic rings. The van der Waals surface area contributed by atoms with Crippen molar-refractivity contribution in [1.29, 1.82) is 0 Å². The largest absolute Gasteiger partial charge is 0.464 e. The van der Waals surface area contributed by atoms with Crippen molar-refractivity contribution in [3.8, 4) is 11.1 Å². The fourth-order valence-electron chi connectivity index (χ4n) is 3.74. The smallest absolute Gasteiger partial charge is 0.340 e. The first-order valence-electron chi connectivity index (χ1n) is 9.84. The van der Waals surface area contributed by atoms with Crippen molar-refractivity contribution in [3.05, 3.63) is 94.7 Å². The van der Waals surface area contributed by atoms with Gasteiger partial charge in [0, 0.05) is 28.6 Å². The molecule has 0 saturated carbocycles. The topological polar surface area (TPSA) is 85.3 Å².